The zero-order valence-electron chi connectivity index (χ0n) is 21.3. The Labute approximate surface area is 225 Å². The van der Waals surface area contributed by atoms with E-state index in [1.165, 1.54) is 59.0 Å². The molecule has 4 aromatic rings. The van der Waals surface area contributed by atoms with Crippen LogP contribution in [-0.4, -0.2) is 71.2 Å². The van der Waals surface area contributed by atoms with Crippen LogP contribution in [0.15, 0.2) is 70.2 Å². The first kappa shape index (κ1) is 27.7. The van der Waals surface area contributed by atoms with Gasteiger partial charge in [-0.05, 0) is 54.6 Å². The summed E-state index contributed by atoms with van der Waals surface area (Å²) < 4.78 is 49.6. The molecule has 4 rings (SSSR count). The van der Waals surface area contributed by atoms with E-state index in [9.17, 15) is 13.2 Å². The number of hydrogen-bond donors (Lipinski definition) is 0. The van der Waals surface area contributed by atoms with Gasteiger partial charge in [-0.1, -0.05) is 11.3 Å². The topological polar surface area (TPSA) is 111 Å². The fourth-order valence-corrected chi connectivity index (χ4v) is 6.13. The van der Waals surface area contributed by atoms with Crippen LogP contribution in [0.2, 0.25) is 0 Å². The third-order valence-corrected chi connectivity index (χ3v) is 8.74. The van der Waals surface area contributed by atoms with E-state index in [0.29, 0.717) is 22.2 Å². The summed E-state index contributed by atoms with van der Waals surface area (Å²) in [5, 5.41) is 0.483. The highest BCUT2D eigenvalue weighted by atomic mass is 32.2. The first-order valence-corrected chi connectivity index (χ1v) is 14.0. The molecule has 0 saturated heterocycles. The summed E-state index contributed by atoms with van der Waals surface area (Å²) in [6.45, 7) is 1.01. The van der Waals surface area contributed by atoms with E-state index < -0.39 is 10.0 Å². The van der Waals surface area contributed by atoms with Gasteiger partial charge in [-0.15, -0.1) is 0 Å². The van der Waals surface area contributed by atoms with Crippen molar-refractivity contribution in [3.8, 4) is 5.75 Å². The number of carbonyl (C=O) groups excluding carboxylic acids is 1. The first-order valence-electron chi connectivity index (χ1n) is 11.7. The van der Waals surface area contributed by atoms with E-state index in [1.54, 1.807) is 25.5 Å². The molecule has 38 heavy (non-hydrogen) atoms. The standard InChI is InChI=1S/C26H29N3O7S2/c1-33-15-12-28(13-16-34-2)38(31,32)22-9-6-19(7-10-22)25(30)29(18-21-5-4-14-36-21)26-27-23-11-8-20(35-3)17-24(23)37-26/h4-11,14,17H,12-13,15-16,18H2,1-3H3. The number of fused-ring (bicyclic) bond motifs is 1. The van der Waals surface area contributed by atoms with Crippen LogP contribution in [0.4, 0.5) is 5.13 Å². The van der Waals surface area contributed by atoms with E-state index in [1.807, 2.05) is 18.2 Å². The second-order valence-corrected chi connectivity index (χ2v) is 11.2. The van der Waals surface area contributed by atoms with Crippen LogP contribution < -0.4 is 9.64 Å². The van der Waals surface area contributed by atoms with Crippen molar-refractivity contribution in [3.05, 3.63) is 72.2 Å². The molecule has 0 fully saturated rings. The lowest BCUT2D eigenvalue weighted by Gasteiger charge is -2.22. The highest BCUT2D eigenvalue weighted by Gasteiger charge is 2.26. The molecule has 2 aromatic heterocycles. The Morgan fingerprint density at radius 2 is 1.71 bits per heavy atom. The van der Waals surface area contributed by atoms with Gasteiger partial charge in [0.1, 0.15) is 11.5 Å². The highest BCUT2D eigenvalue weighted by Crippen LogP contribution is 2.33. The van der Waals surface area contributed by atoms with Gasteiger partial charge in [0.15, 0.2) is 5.13 Å². The average molecular weight is 560 g/mol. The van der Waals surface area contributed by atoms with Crippen molar-refractivity contribution in [2.75, 3.05) is 52.5 Å². The zero-order valence-corrected chi connectivity index (χ0v) is 23.0. The number of thiazole rings is 1. The van der Waals surface area contributed by atoms with Gasteiger partial charge < -0.3 is 18.6 Å². The Morgan fingerprint density at radius 3 is 2.32 bits per heavy atom. The Bertz CT molecular complexity index is 1440. The molecular formula is C26H29N3O7S2. The minimum atomic E-state index is -3.81. The molecule has 0 unspecified atom stereocenters. The number of aromatic nitrogens is 1. The maximum atomic E-state index is 13.7. The summed E-state index contributed by atoms with van der Waals surface area (Å²) in [7, 11) is 0.801. The van der Waals surface area contributed by atoms with Crippen LogP contribution >= 0.6 is 11.3 Å². The van der Waals surface area contributed by atoms with Crippen molar-refractivity contribution in [2.24, 2.45) is 0 Å². The Morgan fingerprint density at radius 1 is 1.00 bits per heavy atom. The van der Waals surface area contributed by atoms with Crippen molar-refractivity contribution in [1.82, 2.24) is 9.29 Å². The number of ether oxygens (including phenoxy) is 3. The number of carbonyl (C=O) groups is 1. The lowest BCUT2D eigenvalue weighted by Crippen LogP contribution is -2.36. The van der Waals surface area contributed by atoms with Gasteiger partial charge in [-0.3, -0.25) is 9.69 Å². The van der Waals surface area contributed by atoms with Crippen LogP contribution in [0.1, 0.15) is 16.1 Å². The zero-order chi connectivity index (χ0) is 27.1. The number of benzene rings is 2. The molecule has 12 heteroatoms. The van der Waals surface area contributed by atoms with Crippen molar-refractivity contribution in [3.63, 3.8) is 0 Å². The number of anilines is 1. The molecule has 0 aliphatic rings. The largest absolute Gasteiger partial charge is 0.497 e. The molecular weight excluding hydrogens is 530 g/mol. The number of sulfonamides is 1. The number of furan rings is 1. The van der Waals surface area contributed by atoms with Crippen LogP contribution in [0.3, 0.4) is 0 Å². The van der Waals surface area contributed by atoms with Crippen LogP contribution in [0, 0.1) is 0 Å². The molecule has 0 atom stereocenters. The van der Waals surface area contributed by atoms with Crippen molar-refractivity contribution < 1.29 is 31.8 Å². The van der Waals surface area contributed by atoms with Gasteiger partial charge in [-0.2, -0.15) is 4.31 Å². The van der Waals surface area contributed by atoms with Crippen molar-refractivity contribution in [2.45, 2.75) is 11.4 Å². The predicted octanol–water partition coefficient (Wildman–Crippen LogP) is 4.03. The number of amides is 1. The molecule has 0 radical (unpaired) electrons. The van der Waals surface area contributed by atoms with Crippen LogP contribution in [0.5, 0.6) is 5.75 Å². The minimum Gasteiger partial charge on any atom is -0.497 e. The second kappa shape index (κ2) is 12.5. The molecule has 0 aliphatic carbocycles. The van der Waals surface area contributed by atoms with Gasteiger partial charge in [0, 0.05) is 32.9 Å². The number of methoxy groups -OCH3 is 3. The SMILES string of the molecule is COCCN(CCOC)S(=O)(=O)c1ccc(C(=O)N(Cc2ccco2)c2nc3ccc(OC)cc3s2)cc1. The summed E-state index contributed by atoms with van der Waals surface area (Å²) in [5.41, 5.74) is 1.05. The van der Waals surface area contributed by atoms with Crippen molar-refractivity contribution in [1.29, 1.82) is 0 Å². The number of nitrogens with zero attached hydrogens (tertiary/aromatic N) is 3. The van der Waals surface area contributed by atoms with Gasteiger partial charge in [-0.25, -0.2) is 13.4 Å². The van der Waals surface area contributed by atoms with E-state index >= 15 is 0 Å². The third kappa shape index (κ3) is 6.22. The average Bonchev–Trinajstić information content (AvgIpc) is 3.60. The summed E-state index contributed by atoms with van der Waals surface area (Å²) in [6.07, 6.45) is 1.54. The molecule has 1 amide bonds. The fourth-order valence-electron chi connectivity index (χ4n) is 3.73. The van der Waals surface area contributed by atoms with Crippen molar-refractivity contribution >= 4 is 42.6 Å². The lowest BCUT2D eigenvalue weighted by atomic mass is 10.2. The smallest absolute Gasteiger partial charge is 0.260 e. The van der Waals surface area contributed by atoms with Crippen LogP contribution in [0.25, 0.3) is 10.2 Å². The molecule has 0 saturated carbocycles. The highest BCUT2D eigenvalue weighted by molar-refractivity contribution is 7.89. The number of hydrogen-bond acceptors (Lipinski definition) is 9. The predicted molar refractivity (Wildman–Crippen MR) is 144 cm³/mol. The van der Waals surface area contributed by atoms with E-state index in [-0.39, 0.29) is 43.7 Å². The molecule has 202 valence electrons. The Balaban J connectivity index is 1.63. The van der Waals surface area contributed by atoms with E-state index in [2.05, 4.69) is 4.98 Å². The summed E-state index contributed by atoms with van der Waals surface area (Å²) >= 11 is 1.35. The maximum Gasteiger partial charge on any atom is 0.260 e. The molecule has 0 bridgehead atoms. The normalized spacial score (nSPS) is 11.8. The van der Waals surface area contributed by atoms with Gasteiger partial charge in [0.25, 0.3) is 5.91 Å². The maximum absolute atomic E-state index is 13.7. The monoisotopic (exact) mass is 559 g/mol. The first-order chi connectivity index (χ1) is 18.4. The summed E-state index contributed by atoms with van der Waals surface area (Å²) in [5.74, 6) is 0.937. The summed E-state index contributed by atoms with van der Waals surface area (Å²) in [6, 6.07) is 14.9. The third-order valence-electron chi connectivity index (χ3n) is 5.78. The molecule has 0 N–H and O–H groups in total. The van der Waals surface area contributed by atoms with Crippen LogP contribution in [-0.2, 0) is 26.0 Å². The fraction of sp³-hybridized carbons (Fsp3) is 0.308. The molecule has 10 nitrogen and oxygen atoms in total. The Kier molecular flexibility index (Phi) is 9.13. The van der Waals surface area contributed by atoms with E-state index in [0.717, 1.165) is 10.2 Å². The molecule has 0 spiro atoms. The van der Waals surface area contributed by atoms with Gasteiger partial charge in [0.2, 0.25) is 10.0 Å². The van der Waals surface area contributed by atoms with Gasteiger partial charge >= 0.3 is 0 Å². The summed E-state index contributed by atoms with van der Waals surface area (Å²) in [4.78, 5) is 19.9. The molecule has 2 aromatic carbocycles. The quantitative estimate of drug-likeness (QED) is 0.241. The van der Waals surface area contributed by atoms with E-state index in [4.69, 9.17) is 18.6 Å². The van der Waals surface area contributed by atoms with Gasteiger partial charge in [0.05, 0.1) is 48.2 Å². The second-order valence-electron chi connectivity index (χ2n) is 8.21. The lowest BCUT2D eigenvalue weighted by molar-refractivity contribution is 0.0983. The number of rotatable bonds is 13. The Hall–Kier alpha value is -3.29. The minimum absolute atomic E-state index is 0.0749. The molecule has 2 heterocycles. The molecule has 0 aliphatic heterocycles.